The number of hydrogen-bond acceptors (Lipinski definition) is 2. The van der Waals surface area contributed by atoms with Gasteiger partial charge in [0.2, 0.25) is 0 Å². The van der Waals surface area contributed by atoms with E-state index in [4.69, 9.17) is 0 Å². The molecule has 126 valence electrons. The van der Waals surface area contributed by atoms with Crippen molar-refractivity contribution in [2.75, 3.05) is 0 Å². The van der Waals surface area contributed by atoms with Gasteiger partial charge in [-0.15, -0.1) is 0 Å². The smallest absolute Gasteiger partial charge is 0.159 e. The van der Waals surface area contributed by atoms with Gasteiger partial charge >= 0.3 is 0 Å². The number of benzene rings is 1. The normalized spacial score (nSPS) is 12.2. The predicted molar refractivity (Wildman–Crippen MR) is 105 cm³/mol. The first-order valence-electron chi connectivity index (χ1n) is 8.68. The first-order valence-corrected chi connectivity index (χ1v) is 11.8. The van der Waals surface area contributed by atoms with Gasteiger partial charge in [-0.25, -0.2) is 0 Å². The topological polar surface area (TPSA) is 30.0 Å². The molecule has 0 aliphatic carbocycles. The van der Waals surface area contributed by atoms with Crippen molar-refractivity contribution in [2.24, 2.45) is 0 Å². The Morgan fingerprint density at radius 2 is 1.75 bits per heavy atom. The third-order valence-electron chi connectivity index (χ3n) is 4.32. The van der Waals surface area contributed by atoms with Gasteiger partial charge < -0.3 is 0 Å². The molecule has 1 heterocycles. The summed E-state index contributed by atoms with van der Waals surface area (Å²) in [6.07, 6.45) is 5.30. The van der Waals surface area contributed by atoms with E-state index >= 15 is 0 Å². The number of carbonyl (C=O) groups excluding carboxylic acids is 1. The Hall–Kier alpha value is -2.00. The average molecular weight is 338 g/mol. The summed E-state index contributed by atoms with van der Waals surface area (Å²) in [5.41, 5.74) is 5.85. The van der Waals surface area contributed by atoms with Gasteiger partial charge in [0.05, 0.1) is 0 Å². The SMILES string of the molecule is CCCC/C(=C/[Si](C)(C)c1ccccn1)c1ccc(C(C)=O)cc1. The van der Waals surface area contributed by atoms with Crippen molar-refractivity contribution in [1.29, 1.82) is 0 Å². The molecule has 2 nitrogen and oxygen atoms in total. The number of unbranched alkanes of at least 4 members (excludes halogenated alkanes) is 1. The zero-order valence-electron chi connectivity index (χ0n) is 15.2. The standard InChI is InChI=1S/C21H27NOSi/c1-5-6-9-20(19-13-11-18(12-14-19)17(2)23)16-24(3,4)21-10-7-8-15-22-21/h7-8,10-16H,5-6,9H2,1-4H3/b20-16-. The van der Waals surface area contributed by atoms with Gasteiger partial charge in [-0.2, -0.15) is 0 Å². The maximum atomic E-state index is 11.5. The van der Waals surface area contributed by atoms with Gasteiger partial charge in [0.1, 0.15) is 8.07 Å². The van der Waals surface area contributed by atoms with E-state index < -0.39 is 8.07 Å². The molecule has 0 aliphatic heterocycles. The maximum absolute atomic E-state index is 11.5. The van der Waals surface area contributed by atoms with Crippen molar-refractivity contribution in [3.8, 4) is 0 Å². The number of carbonyl (C=O) groups is 1. The molecule has 3 heteroatoms. The molecule has 0 aliphatic rings. The predicted octanol–water partition coefficient (Wildman–Crippen LogP) is 5.01. The number of aromatic nitrogens is 1. The summed E-state index contributed by atoms with van der Waals surface area (Å²) in [5.74, 6) is 0.115. The van der Waals surface area contributed by atoms with Crippen LogP contribution in [0.25, 0.3) is 5.57 Å². The van der Waals surface area contributed by atoms with Crippen LogP contribution in [0, 0.1) is 0 Å². The summed E-state index contributed by atoms with van der Waals surface area (Å²) in [4.78, 5) is 16.1. The highest BCUT2D eigenvalue weighted by Crippen LogP contribution is 2.24. The lowest BCUT2D eigenvalue weighted by atomic mass is 10.00. The number of nitrogens with zero attached hydrogens (tertiary/aromatic N) is 1. The molecule has 2 aromatic rings. The zero-order valence-corrected chi connectivity index (χ0v) is 16.2. The van der Waals surface area contributed by atoms with Crippen LogP contribution in [0.4, 0.5) is 0 Å². The van der Waals surface area contributed by atoms with E-state index in [1.165, 1.54) is 29.3 Å². The summed E-state index contributed by atoms with van der Waals surface area (Å²) < 4.78 is 0. The van der Waals surface area contributed by atoms with Crippen molar-refractivity contribution >= 4 is 24.7 Å². The highest BCUT2D eigenvalue weighted by Gasteiger charge is 2.23. The van der Waals surface area contributed by atoms with E-state index in [1.807, 2.05) is 24.4 Å². The molecule has 0 N–H and O–H groups in total. The minimum atomic E-state index is -1.75. The van der Waals surface area contributed by atoms with Crippen molar-refractivity contribution in [1.82, 2.24) is 4.98 Å². The highest BCUT2D eigenvalue weighted by atomic mass is 28.3. The molecular weight excluding hydrogens is 310 g/mol. The largest absolute Gasteiger partial charge is 0.295 e. The second-order valence-corrected chi connectivity index (χ2v) is 11.1. The lowest BCUT2D eigenvalue weighted by Crippen LogP contribution is -2.41. The number of hydrogen-bond donors (Lipinski definition) is 0. The number of Topliss-reactive ketones (excluding diaryl/α,β-unsaturated/α-hetero) is 1. The molecule has 0 fully saturated rings. The van der Waals surface area contributed by atoms with Crippen molar-refractivity contribution < 1.29 is 4.79 Å². The molecule has 0 saturated heterocycles. The molecule has 1 aromatic heterocycles. The molecule has 2 rings (SSSR count). The first kappa shape index (κ1) is 18.3. The lowest BCUT2D eigenvalue weighted by Gasteiger charge is -2.20. The van der Waals surface area contributed by atoms with Gasteiger partial charge in [-0.3, -0.25) is 9.78 Å². The Kier molecular flexibility index (Phi) is 6.27. The Morgan fingerprint density at radius 3 is 2.29 bits per heavy atom. The fourth-order valence-corrected chi connectivity index (χ4v) is 5.10. The molecular formula is C21H27NOSi. The Balaban J connectivity index is 2.38. The number of pyridine rings is 1. The lowest BCUT2D eigenvalue weighted by molar-refractivity contribution is 0.101. The third kappa shape index (κ3) is 4.75. The van der Waals surface area contributed by atoms with Gasteiger partial charge in [-0.1, -0.05) is 62.5 Å². The van der Waals surface area contributed by atoms with Crippen LogP contribution in [0.3, 0.4) is 0 Å². The molecule has 0 bridgehead atoms. The third-order valence-corrected chi connectivity index (χ3v) is 7.01. The van der Waals surface area contributed by atoms with Crippen LogP contribution in [-0.2, 0) is 0 Å². The number of allylic oxidation sites excluding steroid dienone is 1. The van der Waals surface area contributed by atoms with Gasteiger partial charge in [0.25, 0.3) is 0 Å². The Labute approximate surface area is 146 Å². The van der Waals surface area contributed by atoms with Crippen molar-refractivity contribution in [3.63, 3.8) is 0 Å². The van der Waals surface area contributed by atoms with Crippen LogP contribution in [0.5, 0.6) is 0 Å². The molecule has 0 spiro atoms. The molecule has 1 aromatic carbocycles. The highest BCUT2D eigenvalue weighted by molar-refractivity contribution is 6.94. The summed E-state index contributed by atoms with van der Waals surface area (Å²) in [7, 11) is -1.75. The van der Waals surface area contributed by atoms with E-state index in [-0.39, 0.29) is 5.78 Å². The Bertz CT molecular complexity index is 702. The minimum Gasteiger partial charge on any atom is -0.295 e. The first-order chi connectivity index (χ1) is 11.4. The van der Waals surface area contributed by atoms with Crippen LogP contribution >= 0.6 is 0 Å². The minimum absolute atomic E-state index is 0.115. The van der Waals surface area contributed by atoms with Crippen LogP contribution in [0.15, 0.2) is 54.4 Å². The van der Waals surface area contributed by atoms with Crippen molar-refractivity contribution in [3.05, 3.63) is 65.5 Å². The van der Waals surface area contributed by atoms with Crippen LogP contribution in [0.2, 0.25) is 13.1 Å². The van der Waals surface area contributed by atoms with Gasteiger partial charge in [0, 0.05) is 17.1 Å². The van der Waals surface area contributed by atoms with Crippen LogP contribution in [0.1, 0.15) is 49.0 Å². The van der Waals surface area contributed by atoms with Gasteiger partial charge in [-0.05, 0) is 43.0 Å². The maximum Gasteiger partial charge on any atom is 0.159 e. The molecule has 0 unspecified atom stereocenters. The van der Waals surface area contributed by atoms with Gasteiger partial charge in [0.15, 0.2) is 5.78 Å². The molecule has 0 radical (unpaired) electrons. The second kappa shape index (κ2) is 8.20. The van der Waals surface area contributed by atoms with E-state index in [9.17, 15) is 4.79 Å². The van der Waals surface area contributed by atoms with E-state index in [0.717, 1.165) is 12.0 Å². The summed E-state index contributed by atoms with van der Waals surface area (Å²) in [6.45, 7) is 8.51. The van der Waals surface area contributed by atoms with E-state index in [2.05, 4.69) is 55.0 Å². The monoisotopic (exact) mass is 337 g/mol. The van der Waals surface area contributed by atoms with E-state index in [0.29, 0.717) is 0 Å². The van der Waals surface area contributed by atoms with Crippen LogP contribution < -0.4 is 5.32 Å². The fraction of sp³-hybridized carbons (Fsp3) is 0.333. The summed E-state index contributed by atoms with van der Waals surface area (Å²) in [5, 5.41) is 1.21. The fourth-order valence-electron chi connectivity index (χ4n) is 2.84. The molecule has 0 amide bonds. The van der Waals surface area contributed by atoms with Crippen LogP contribution in [-0.4, -0.2) is 18.8 Å². The molecule has 0 saturated carbocycles. The Morgan fingerprint density at radius 1 is 1.08 bits per heavy atom. The number of rotatable bonds is 7. The quantitative estimate of drug-likeness (QED) is 0.525. The zero-order chi connectivity index (χ0) is 17.6. The summed E-state index contributed by atoms with van der Waals surface area (Å²) >= 11 is 0. The summed E-state index contributed by atoms with van der Waals surface area (Å²) in [6, 6.07) is 14.2. The van der Waals surface area contributed by atoms with E-state index in [1.54, 1.807) is 6.92 Å². The second-order valence-electron chi connectivity index (χ2n) is 6.84. The molecule has 0 atom stereocenters. The van der Waals surface area contributed by atoms with Crippen molar-refractivity contribution in [2.45, 2.75) is 46.2 Å². The average Bonchev–Trinajstić information content (AvgIpc) is 2.59. The molecule has 24 heavy (non-hydrogen) atoms. The number of ketones is 1.